The van der Waals surface area contributed by atoms with Crippen molar-refractivity contribution in [1.82, 2.24) is 0 Å². The Morgan fingerprint density at radius 3 is 0.683 bits per heavy atom. The molecule has 0 rings (SSSR count). The molecule has 0 spiro atoms. The first-order valence-corrected chi connectivity index (χ1v) is 47.2. The molecule has 0 heterocycles. The van der Waals surface area contributed by atoms with Crippen LogP contribution >= 0.6 is 15.6 Å². The molecular weight excluding hydrogens is 1350 g/mol. The second-order valence-electron chi connectivity index (χ2n) is 30.8. The lowest BCUT2D eigenvalue weighted by molar-refractivity contribution is -0.161. The molecule has 0 radical (unpaired) electrons. The predicted molar refractivity (Wildman–Crippen MR) is 428 cm³/mol. The number of aliphatic hydroxyl groups is 1. The molecule has 0 aliphatic heterocycles. The molecule has 0 aliphatic carbocycles. The number of carbonyl (C=O) groups excluding carboxylic acids is 4. The second kappa shape index (κ2) is 77.8. The van der Waals surface area contributed by atoms with E-state index < -0.39 is 97.5 Å². The summed E-state index contributed by atoms with van der Waals surface area (Å²) in [5.74, 6) is -1.37. The Kier molecular flexibility index (Phi) is 76.3. The quantitative estimate of drug-likeness (QED) is 0.0222. The lowest BCUT2D eigenvalue weighted by atomic mass is 10.00. The molecule has 0 fully saturated rings. The minimum atomic E-state index is -4.96. The molecule has 0 aromatic rings. The summed E-state index contributed by atoms with van der Waals surface area (Å²) in [5, 5.41) is 10.7. The van der Waals surface area contributed by atoms with E-state index in [4.69, 9.17) is 37.0 Å². The van der Waals surface area contributed by atoms with Crippen LogP contribution in [0.5, 0.6) is 0 Å². The van der Waals surface area contributed by atoms with Gasteiger partial charge in [0, 0.05) is 25.7 Å². The van der Waals surface area contributed by atoms with E-state index in [0.717, 1.165) is 102 Å². The van der Waals surface area contributed by atoms with Crippen molar-refractivity contribution in [3.63, 3.8) is 0 Å². The Hall–Kier alpha value is -1.94. The van der Waals surface area contributed by atoms with Gasteiger partial charge in [0.1, 0.15) is 19.3 Å². The van der Waals surface area contributed by atoms with Crippen molar-refractivity contribution < 1.29 is 80.2 Å². The number of rotatable bonds is 85. The fourth-order valence-electron chi connectivity index (χ4n) is 13.3. The Balaban J connectivity index is 5.23. The van der Waals surface area contributed by atoms with Crippen LogP contribution in [0.3, 0.4) is 0 Å². The molecule has 0 amide bonds. The summed E-state index contributed by atoms with van der Waals surface area (Å²) in [7, 11) is -9.92. The smallest absolute Gasteiger partial charge is 0.462 e. The summed E-state index contributed by atoms with van der Waals surface area (Å²) in [6.45, 7) is 7.32. The Labute approximate surface area is 638 Å². The maximum Gasteiger partial charge on any atom is 0.472 e. The van der Waals surface area contributed by atoms with Crippen LogP contribution in [0.25, 0.3) is 0 Å². The van der Waals surface area contributed by atoms with E-state index in [9.17, 15) is 43.2 Å². The average molecular weight is 1520 g/mol. The molecule has 0 aromatic heterocycles. The third-order valence-corrected chi connectivity index (χ3v) is 22.3. The summed E-state index contributed by atoms with van der Waals surface area (Å²) in [6, 6.07) is 0. The van der Waals surface area contributed by atoms with Crippen LogP contribution in [0.2, 0.25) is 0 Å². The normalized spacial score (nSPS) is 14.0. The third-order valence-electron chi connectivity index (χ3n) is 20.4. The zero-order valence-corrected chi connectivity index (χ0v) is 70.0. The summed E-state index contributed by atoms with van der Waals surface area (Å²) < 4.78 is 68.9. The van der Waals surface area contributed by atoms with Gasteiger partial charge in [-0.3, -0.25) is 37.3 Å². The number of hydrogen-bond donors (Lipinski definition) is 3. The van der Waals surface area contributed by atoms with Gasteiger partial charge < -0.3 is 33.8 Å². The fourth-order valence-corrected chi connectivity index (χ4v) is 14.8. The number of ether oxygens (including phenoxy) is 4. The highest BCUT2D eigenvalue weighted by Gasteiger charge is 2.30. The van der Waals surface area contributed by atoms with Crippen molar-refractivity contribution in [3.8, 4) is 0 Å². The molecule has 104 heavy (non-hydrogen) atoms. The van der Waals surface area contributed by atoms with E-state index >= 15 is 0 Å². The molecule has 618 valence electrons. The molecule has 0 bridgehead atoms. The molecule has 19 heteroatoms. The molecular formula is C85H166O17P2. The van der Waals surface area contributed by atoms with Crippen molar-refractivity contribution in [3.05, 3.63) is 0 Å². The van der Waals surface area contributed by atoms with Crippen molar-refractivity contribution >= 4 is 39.5 Å². The van der Waals surface area contributed by atoms with Gasteiger partial charge in [0.2, 0.25) is 0 Å². The standard InChI is InChI=1S/C85H166O17P2/c1-6-10-13-16-19-22-25-28-31-33-35-37-39-42-45-48-51-54-61-66-70-84(89)101-80(74-95-82(87)68-63-58-52-49-46-43-41-38-36-34-32-29-26-23-20-17-14-11-7-2)76-99-103(91,92)97-72-79(86)73-98-104(93,94)100-77-81(75-96-83(88)69-64-59-56-55-57-62-67-78(5)9-4)102-85(90)71-65-60-53-50-47-44-40-30-27-24-21-18-15-12-8-3/h78-81,86H,6-77H2,1-5H3,(H,91,92)(H,93,94)/t78?,79-,80-,81-/m1/s1. The molecule has 6 atom stereocenters. The Morgan fingerprint density at radius 2 is 0.462 bits per heavy atom. The number of hydrogen-bond acceptors (Lipinski definition) is 15. The van der Waals surface area contributed by atoms with E-state index in [1.54, 1.807) is 0 Å². The number of phosphoric acid groups is 2. The van der Waals surface area contributed by atoms with Crippen LogP contribution in [-0.4, -0.2) is 96.7 Å². The Morgan fingerprint density at radius 1 is 0.269 bits per heavy atom. The van der Waals surface area contributed by atoms with Crippen LogP contribution < -0.4 is 0 Å². The van der Waals surface area contributed by atoms with Crippen molar-refractivity contribution in [2.45, 2.75) is 477 Å². The first-order chi connectivity index (χ1) is 50.6. The van der Waals surface area contributed by atoms with Crippen LogP contribution in [0.4, 0.5) is 0 Å². The van der Waals surface area contributed by atoms with Crippen LogP contribution in [-0.2, 0) is 65.4 Å². The fraction of sp³-hybridized carbons (Fsp3) is 0.953. The third kappa shape index (κ3) is 76.8. The molecule has 0 aromatic carbocycles. The monoisotopic (exact) mass is 1520 g/mol. The first-order valence-electron chi connectivity index (χ1n) is 44.2. The molecule has 0 saturated heterocycles. The number of phosphoric ester groups is 2. The van der Waals surface area contributed by atoms with Gasteiger partial charge in [0.25, 0.3) is 0 Å². The van der Waals surface area contributed by atoms with Gasteiger partial charge >= 0.3 is 39.5 Å². The zero-order chi connectivity index (χ0) is 76.2. The summed E-state index contributed by atoms with van der Waals surface area (Å²) in [6.07, 6.45) is 70.9. The largest absolute Gasteiger partial charge is 0.472 e. The zero-order valence-electron chi connectivity index (χ0n) is 68.2. The topological polar surface area (TPSA) is 237 Å². The van der Waals surface area contributed by atoms with E-state index in [1.807, 2.05) is 0 Å². The highest BCUT2D eigenvalue weighted by atomic mass is 31.2. The van der Waals surface area contributed by atoms with Crippen LogP contribution in [0, 0.1) is 5.92 Å². The van der Waals surface area contributed by atoms with E-state index in [-0.39, 0.29) is 25.7 Å². The highest BCUT2D eigenvalue weighted by Crippen LogP contribution is 2.45. The summed E-state index contributed by atoms with van der Waals surface area (Å²) in [4.78, 5) is 73.2. The average Bonchev–Trinajstić information content (AvgIpc) is 0.940. The maximum absolute atomic E-state index is 13.1. The number of unbranched alkanes of at least 4 members (excludes halogenated alkanes) is 56. The van der Waals surface area contributed by atoms with Gasteiger partial charge in [-0.05, 0) is 31.6 Å². The van der Waals surface area contributed by atoms with Gasteiger partial charge in [0.15, 0.2) is 12.2 Å². The lowest BCUT2D eigenvalue weighted by Crippen LogP contribution is -2.30. The number of carbonyl (C=O) groups is 4. The minimum Gasteiger partial charge on any atom is -0.462 e. The highest BCUT2D eigenvalue weighted by molar-refractivity contribution is 7.47. The second-order valence-corrected chi connectivity index (χ2v) is 33.7. The number of esters is 4. The van der Waals surface area contributed by atoms with Gasteiger partial charge in [0.05, 0.1) is 26.4 Å². The van der Waals surface area contributed by atoms with Gasteiger partial charge in [-0.25, -0.2) is 9.13 Å². The summed E-state index contributed by atoms with van der Waals surface area (Å²) >= 11 is 0. The SMILES string of the molecule is CCCCCCCCCCCCCCCCCCCCCCC(=O)O[C@H](COC(=O)CCCCCCCCCCCCCCCCCCCCC)COP(=O)(O)OC[C@@H](O)COP(=O)(O)OC[C@@H](COC(=O)CCCCCCCCC(C)CC)OC(=O)CCCCCCCCCCCCCCCCC. The maximum atomic E-state index is 13.1. The van der Waals surface area contributed by atoms with Crippen molar-refractivity contribution in [2.75, 3.05) is 39.6 Å². The molecule has 0 aliphatic rings. The van der Waals surface area contributed by atoms with Gasteiger partial charge in [-0.15, -0.1) is 0 Å². The van der Waals surface area contributed by atoms with Crippen LogP contribution in [0.15, 0.2) is 0 Å². The van der Waals surface area contributed by atoms with Gasteiger partial charge in [-0.2, -0.15) is 0 Å². The van der Waals surface area contributed by atoms with E-state index in [2.05, 4.69) is 34.6 Å². The van der Waals surface area contributed by atoms with Gasteiger partial charge in [-0.1, -0.05) is 407 Å². The molecule has 17 nitrogen and oxygen atoms in total. The van der Waals surface area contributed by atoms with E-state index in [0.29, 0.717) is 25.7 Å². The predicted octanol–water partition coefficient (Wildman–Crippen LogP) is 26.0. The molecule has 3 unspecified atom stereocenters. The molecule has 3 N–H and O–H groups in total. The van der Waals surface area contributed by atoms with Crippen molar-refractivity contribution in [1.29, 1.82) is 0 Å². The Bertz CT molecular complexity index is 1980. The molecule has 0 saturated carbocycles. The first kappa shape index (κ1) is 102. The van der Waals surface area contributed by atoms with Crippen LogP contribution in [0.1, 0.15) is 458 Å². The lowest BCUT2D eigenvalue weighted by Gasteiger charge is -2.21. The summed E-state index contributed by atoms with van der Waals surface area (Å²) in [5.41, 5.74) is 0. The van der Waals surface area contributed by atoms with Crippen molar-refractivity contribution in [2.24, 2.45) is 5.92 Å². The number of aliphatic hydroxyl groups excluding tert-OH is 1. The minimum absolute atomic E-state index is 0.108. The van der Waals surface area contributed by atoms with E-state index in [1.165, 1.54) is 276 Å².